The van der Waals surface area contributed by atoms with Crippen LogP contribution in [-0.2, 0) is 9.59 Å². The molecule has 1 aromatic heterocycles. The van der Waals surface area contributed by atoms with Crippen molar-refractivity contribution in [1.29, 1.82) is 0 Å². The third kappa shape index (κ3) is 4.46. The van der Waals surface area contributed by atoms with Crippen molar-refractivity contribution >= 4 is 34.5 Å². The van der Waals surface area contributed by atoms with E-state index in [0.29, 0.717) is 28.7 Å². The molecule has 4 rings (SSSR count). The number of rotatable bonds is 4. The summed E-state index contributed by atoms with van der Waals surface area (Å²) in [5.41, 5.74) is 1.32. The first kappa shape index (κ1) is 21.0. The number of benzene rings is 1. The highest BCUT2D eigenvalue weighted by molar-refractivity contribution is 8.18. The molecule has 0 spiro atoms. The molecule has 1 aliphatic carbocycles. The normalized spacial score (nSPS) is 18.6. The van der Waals surface area contributed by atoms with Crippen LogP contribution in [0.1, 0.15) is 25.7 Å². The van der Waals surface area contributed by atoms with E-state index in [4.69, 9.17) is 0 Å². The third-order valence-electron chi connectivity index (χ3n) is 5.12. The van der Waals surface area contributed by atoms with Gasteiger partial charge >= 0.3 is 0 Å². The summed E-state index contributed by atoms with van der Waals surface area (Å²) in [4.78, 5) is 49.8. The van der Waals surface area contributed by atoms with Crippen LogP contribution in [0.15, 0.2) is 51.8 Å². The van der Waals surface area contributed by atoms with Crippen molar-refractivity contribution in [2.45, 2.75) is 31.6 Å². The number of aromatic amines is 1. The van der Waals surface area contributed by atoms with E-state index in [9.17, 15) is 28.0 Å². The van der Waals surface area contributed by atoms with Gasteiger partial charge in [0.15, 0.2) is 0 Å². The van der Waals surface area contributed by atoms with Crippen LogP contribution in [0.2, 0.25) is 0 Å². The fourth-order valence-electron chi connectivity index (χ4n) is 3.46. The van der Waals surface area contributed by atoms with Crippen LogP contribution >= 0.6 is 11.8 Å². The quantitative estimate of drug-likeness (QED) is 0.699. The van der Waals surface area contributed by atoms with E-state index in [0.717, 1.165) is 4.90 Å². The van der Waals surface area contributed by atoms with Gasteiger partial charge in [0, 0.05) is 30.8 Å². The highest BCUT2D eigenvalue weighted by Gasteiger charge is 2.41. The number of carbonyl (C=O) groups is 3. The minimum atomic E-state index is -2.75. The Morgan fingerprint density at radius 1 is 1.10 bits per heavy atom. The maximum Gasteiger partial charge on any atom is 0.294 e. The van der Waals surface area contributed by atoms with Gasteiger partial charge < -0.3 is 5.32 Å². The van der Waals surface area contributed by atoms with Gasteiger partial charge in [-0.05, 0) is 48.9 Å². The van der Waals surface area contributed by atoms with Gasteiger partial charge in [-0.1, -0.05) is 5.57 Å². The fraction of sp³-hybridized carbons (Fsp3) is 0.300. The second kappa shape index (κ2) is 8.14. The molecular weight excluding hydrogens is 430 g/mol. The highest BCUT2D eigenvalue weighted by atomic mass is 32.2. The van der Waals surface area contributed by atoms with E-state index in [2.05, 4.69) is 10.4 Å². The van der Waals surface area contributed by atoms with E-state index in [1.807, 2.05) is 0 Å². The van der Waals surface area contributed by atoms with Crippen LogP contribution in [0, 0.1) is 0 Å². The zero-order valence-corrected chi connectivity index (χ0v) is 17.0. The monoisotopic (exact) mass is 448 g/mol. The number of H-pyrrole nitrogens is 1. The Labute approximate surface area is 179 Å². The molecule has 3 amide bonds. The Balaban J connectivity index is 1.39. The van der Waals surface area contributed by atoms with Gasteiger partial charge in [0.05, 0.1) is 10.6 Å². The van der Waals surface area contributed by atoms with Crippen molar-refractivity contribution in [3.8, 4) is 5.69 Å². The molecule has 2 aliphatic rings. The van der Waals surface area contributed by atoms with Crippen LogP contribution in [0.4, 0.5) is 19.3 Å². The second-order valence-electron chi connectivity index (χ2n) is 7.28. The average Bonchev–Trinajstić information content (AvgIpc) is 3.27. The predicted molar refractivity (Wildman–Crippen MR) is 110 cm³/mol. The van der Waals surface area contributed by atoms with Gasteiger partial charge in [0.2, 0.25) is 11.8 Å². The summed E-state index contributed by atoms with van der Waals surface area (Å²) in [5, 5.41) is 4.76. The number of nitrogens with zero attached hydrogens (tertiary/aromatic N) is 2. The summed E-state index contributed by atoms with van der Waals surface area (Å²) < 4.78 is 28.0. The van der Waals surface area contributed by atoms with Gasteiger partial charge in [0.1, 0.15) is 6.54 Å². The summed E-state index contributed by atoms with van der Waals surface area (Å²) >= 11 is 0.695. The van der Waals surface area contributed by atoms with Gasteiger partial charge in [-0.2, -0.15) is 0 Å². The minimum absolute atomic E-state index is 0.0602. The first-order chi connectivity index (χ1) is 14.7. The molecule has 1 aromatic carbocycles. The molecule has 0 atom stereocenters. The van der Waals surface area contributed by atoms with E-state index in [-0.39, 0.29) is 36.1 Å². The van der Waals surface area contributed by atoms with Gasteiger partial charge in [-0.3, -0.25) is 29.2 Å². The second-order valence-corrected chi connectivity index (χ2v) is 8.24. The molecule has 162 valence electrons. The Kier molecular flexibility index (Phi) is 5.52. The molecule has 2 fully saturated rings. The first-order valence-corrected chi connectivity index (χ1v) is 10.4. The molecule has 2 heterocycles. The van der Waals surface area contributed by atoms with Gasteiger partial charge in [0.25, 0.3) is 16.7 Å². The van der Waals surface area contributed by atoms with Crippen molar-refractivity contribution in [3.63, 3.8) is 0 Å². The van der Waals surface area contributed by atoms with E-state index in [1.165, 1.54) is 16.9 Å². The van der Waals surface area contributed by atoms with Crippen molar-refractivity contribution in [2.24, 2.45) is 0 Å². The number of anilines is 1. The lowest BCUT2D eigenvalue weighted by molar-refractivity contribution is -0.127. The van der Waals surface area contributed by atoms with Gasteiger partial charge in [-0.25, -0.2) is 13.5 Å². The Hall–Kier alpha value is -3.21. The number of hydrogen-bond donors (Lipinski definition) is 2. The Morgan fingerprint density at radius 2 is 1.77 bits per heavy atom. The van der Waals surface area contributed by atoms with Crippen molar-refractivity contribution in [1.82, 2.24) is 14.7 Å². The van der Waals surface area contributed by atoms with Gasteiger partial charge in [-0.15, -0.1) is 0 Å². The maximum absolute atomic E-state index is 13.4. The molecular formula is C20H18F2N4O4S. The zero-order valence-electron chi connectivity index (χ0n) is 16.2. The van der Waals surface area contributed by atoms with Crippen molar-refractivity contribution in [2.75, 3.05) is 11.9 Å². The molecule has 2 N–H and O–H groups in total. The highest BCUT2D eigenvalue weighted by Crippen LogP contribution is 2.42. The number of carbonyl (C=O) groups excluding carboxylic acids is 3. The molecule has 0 bridgehead atoms. The molecule has 2 aromatic rings. The molecule has 11 heteroatoms. The molecule has 0 unspecified atom stereocenters. The van der Waals surface area contributed by atoms with Crippen LogP contribution in [0.3, 0.4) is 0 Å². The molecule has 31 heavy (non-hydrogen) atoms. The lowest BCUT2D eigenvalue weighted by Crippen LogP contribution is -2.36. The number of amides is 3. The van der Waals surface area contributed by atoms with Crippen LogP contribution in [-0.4, -0.2) is 44.2 Å². The Bertz CT molecular complexity index is 1120. The molecule has 8 nitrogen and oxygen atoms in total. The number of nitrogens with one attached hydrogen (secondary N) is 2. The number of hydrogen-bond acceptors (Lipinski definition) is 5. The summed E-state index contributed by atoms with van der Waals surface area (Å²) in [7, 11) is 0. The van der Waals surface area contributed by atoms with E-state index >= 15 is 0 Å². The average molecular weight is 448 g/mol. The number of imide groups is 1. The van der Waals surface area contributed by atoms with Crippen molar-refractivity contribution in [3.05, 3.63) is 57.4 Å². The number of alkyl halides is 2. The molecule has 1 saturated heterocycles. The standard InChI is InChI=1S/C20H18F2N4O4S/c21-20(22)8-5-12(6-9-20)17-18(29)25(19(30)31-17)11-15(27)24-13-1-3-14(4-2-13)26-16(28)7-10-23-26/h1-4,7,10,23H,5-6,8-9,11H2,(H,24,27). The number of thioether (sulfide) groups is 1. The summed E-state index contributed by atoms with van der Waals surface area (Å²) in [6.07, 6.45) is 0.926. The zero-order chi connectivity index (χ0) is 22.2. The number of aromatic nitrogens is 2. The third-order valence-corrected chi connectivity index (χ3v) is 6.18. The smallest absolute Gasteiger partial charge is 0.294 e. The lowest BCUT2D eigenvalue weighted by atomic mass is 9.91. The maximum atomic E-state index is 13.4. The summed E-state index contributed by atoms with van der Waals surface area (Å²) in [5.74, 6) is -3.94. The predicted octanol–water partition coefficient (Wildman–Crippen LogP) is 3.26. The SMILES string of the molecule is O=C(CN1C(=O)SC(=C2CCC(F)(F)CC2)C1=O)Nc1ccc(-n2[nH]ccc2=O)cc1. The number of allylic oxidation sites excluding steroid dienone is 1. The summed E-state index contributed by atoms with van der Waals surface area (Å²) in [6.45, 7) is -0.477. The number of halogens is 2. The van der Waals surface area contributed by atoms with Crippen LogP contribution in [0.25, 0.3) is 5.69 Å². The fourth-order valence-corrected chi connectivity index (χ4v) is 4.44. The molecule has 0 radical (unpaired) electrons. The lowest BCUT2D eigenvalue weighted by Gasteiger charge is -2.24. The van der Waals surface area contributed by atoms with Crippen LogP contribution in [0.5, 0.6) is 0 Å². The molecule has 1 saturated carbocycles. The van der Waals surface area contributed by atoms with Crippen molar-refractivity contribution < 1.29 is 23.2 Å². The topological polar surface area (TPSA) is 104 Å². The largest absolute Gasteiger partial charge is 0.325 e. The van der Waals surface area contributed by atoms with E-state index in [1.54, 1.807) is 24.3 Å². The Morgan fingerprint density at radius 3 is 2.39 bits per heavy atom. The first-order valence-electron chi connectivity index (χ1n) is 9.54. The van der Waals surface area contributed by atoms with E-state index < -0.39 is 29.5 Å². The summed E-state index contributed by atoms with van der Waals surface area (Å²) in [6, 6.07) is 7.78. The van der Waals surface area contributed by atoms with Crippen LogP contribution < -0.4 is 10.9 Å². The minimum Gasteiger partial charge on any atom is -0.325 e. The molecule has 1 aliphatic heterocycles.